The van der Waals surface area contributed by atoms with Crippen molar-refractivity contribution < 1.29 is 18.7 Å². The molecule has 0 radical (unpaired) electrons. The molecule has 1 atom stereocenters. The summed E-state index contributed by atoms with van der Waals surface area (Å²) in [6.45, 7) is 4.43. The summed E-state index contributed by atoms with van der Waals surface area (Å²) >= 11 is 7.73. The molecule has 1 unspecified atom stereocenters. The third-order valence-corrected chi connectivity index (χ3v) is 7.11. The van der Waals surface area contributed by atoms with Gasteiger partial charge in [-0.05, 0) is 67.6 Å². The number of thiophene rings is 1. The van der Waals surface area contributed by atoms with Crippen molar-refractivity contribution in [3.05, 3.63) is 86.8 Å². The van der Waals surface area contributed by atoms with Crippen LogP contribution in [0.15, 0.2) is 60.0 Å². The van der Waals surface area contributed by atoms with Gasteiger partial charge in [0.25, 0.3) is 5.91 Å². The molecule has 1 aliphatic heterocycles. The average molecular weight is 501 g/mol. The van der Waals surface area contributed by atoms with Gasteiger partial charge in [0.2, 0.25) is 5.91 Å². The lowest BCUT2D eigenvalue weighted by Gasteiger charge is -2.37. The predicted molar refractivity (Wildman–Crippen MR) is 132 cm³/mol. The van der Waals surface area contributed by atoms with Gasteiger partial charge in [0.1, 0.15) is 24.7 Å². The quantitative estimate of drug-likeness (QED) is 0.424. The molecule has 2 aromatic carbocycles. The fourth-order valence-corrected chi connectivity index (χ4v) is 5.24. The molecule has 1 aliphatic rings. The molecule has 0 N–H and O–H groups in total. The van der Waals surface area contributed by atoms with Crippen LogP contribution in [0.2, 0.25) is 5.02 Å². The van der Waals surface area contributed by atoms with Gasteiger partial charge in [-0.2, -0.15) is 0 Å². The van der Waals surface area contributed by atoms with Gasteiger partial charge < -0.3 is 14.5 Å². The molecular formula is C26H26ClFN2O3S. The minimum absolute atomic E-state index is 0.0566. The van der Waals surface area contributed by atoms with Crippen molar-refractivity contribution in [3.63, 3.8) is 0 Å². The summed E-state index contributed by atoms with van der Waals surface area (Å²) in [5, 5.41) is 2.48. The van der Waals surface area contributed by atoms with E-state index in [0.29, 0.717) is 22.9 Å². The highest BCUT2D eigenvalue weighted by molar-refractivity contribution is 7.10. The van der Waals surface area contributed by atoms with Crippen molar-refractivity contribution in [3.8, 4) is 5.75 Å². The van der Waals surface area contributed by atoms with Crippen LogP contribution in [0, 0.1) is 5.82 Å². The summed E-state index contributed by atoms with van der Waals surface area (Å²) in [5.41, 5.74) is 1.48. The van der Waals surface area contributed by atoms with Crippen molar-refractivity contribution in [2.75, 3.05) is 19.7 Å². The zero-order valence-corrected chi connectivity index (χ0v) is 20.6. The van der Waals surface area contributed by atoms with E-state index in [-0.39, 0.29) is 42.9 Å². The number of halogens is 2. The Bertz CT molecular complexity index is 1180. The van der Waals surface area contributed by atoms with Crippen LogP contribution in [0.25, 0.3) is 0 Å². The van der Waals surface area contributed by atoms with E-state index in [1.807, 2.05) is 25.3 Å². The van der Waals surface area contributed by atoms with Crippen LogP contribution in [-0.4, -0.2) is 47.4 Å². The molecule has 0 saturated carbocycles. The maximum absolute atomic E-state index is 13.6. The van der Waals surface area contributed by atoms with Crippen molar-refractivity contribution in [1.82, 2.24) is 9.80 Å². The molecule has 8 heteroatoms. The number of carbonyl (C=O) groups is 2. The van der Waals surface area contributed by atoms with Gasteiger partial charge >= 0.3 is 0 Å². The van der Waals surface area contributed by atoms with Gasteiger partial charge in [0.15, 0.2) is 0 Å². The second-order valence-electron chi connectivity index (χ2n) is 8.46. The Labute approximate surface area is 207 Å². The highest BCUT2D eigenvalue weighted by Crippen LogP contribution is 2.34. The van der Waals surface area contributed by atoms with Crippen LogP contribution in [-0.2, 0) is 11.2 Å². The number of ether oxygens (including phenoxy) is 1. The lowest BCUT2D eigenvalue weighted by atomic mass is 10.00. The highest BCUT2D eigenvalue weighted by atomic mass is 35.5. The van der Waals surface area contributed by atoms with Crippen molar-refractivity contribution >= 4 is 34.8 Å². The Morgan fingerprint density at radius 2 is 2.00 bits per heavy atom. The standard InChI is InChI=1S/C26H26ClFN2O3S/c1-17(2)30(26(32)18-5-3-6-19(27)13-18)15-25(31)29-11-9-24-22(10-12-34-24)23(29)16-33-21-8-4-7-20(28)14-21/h3-8,10,12-14,17,23H,9,11,15-16H2,1-2H3. The van der Waals surface area contributed by atoms with Crippen LogP contribution in [0.4, 0.5) is 4.39 Å². The maximum atomic E-state index is 13.6. The summed E-state index contributed by atoms with van der Waals surface area (Å²) in [7, 11) is 0. The number of nitrogens with zero attached hydrogens (tertiary/aromatic N) is 2. The molecule has 34 heavy (non-hydrogen) atoms. The smallest absolute Gasteiger partial charge is 0.254 e. The Kier molecular flexibility index (Phi) is 7.54. The second kappa shape index (κ2) is 10.6. The van der Waals surface area contributed by atoms with Gasteiger partial charge in [-0.3, -0.25) is 9.59 Å². The summed E-state index contributed by atoms with van der Waals surface area (Å²) in [4.78, 5) is 31.2. The molecule has 0 bridgehead atoms. The van der Waals surface area contributed by atoms with Crippen molar-refractivity contribution in [2.24, 2.45) is 0 Å². The van der Waals surface area contributed by atoms with Crippen LogP contribution >= 0.6 is 22.9 Å². The lowest BCUT2D eigenvalue weighted by Crippen LogP contribution is -2.49. The molecule has 3 aromatic rings. The zero-order valence-electron chi connectivity index (χ0n) is 19.0. The largest absolute Gasteiger partial charge is 0.491 e. The minimum atomic E-state index is -0.377. The van der Waals surface area contributed by atoms with E-state index in [9.17, 15) is 14.0 Å². The van der Waals surface area contributed by atoms with Gasteiger partial charge in [0.05, 0.1) is 6.04 Å². The Balaban J connectivity index is 1.54. The van der Waals surface area contributed by atoms with E-state index in [2.05, 4.69) is 0 Å². The van der Waals surface area contributed by atoms with E-state index < -0.39 is 0 Å². The molecule has 0 fully saturated rings. The number of benzene rings is 2. The molecule has 1 aromatic heterocycles. The first kappa shape index (κ1) is 24.2. The number of hydrogen-bond donors (Lipinski definition) is 0. The van der Waals surface area contributed by atoms with Gasteiger partial charge in [-0.25, -0.2) is 4.39 Å². The van der Waals surface area contributed by atoms with Crippen molar-refractivity contribution in [2.45, 2.75) is 32.4 Å². The van der Waals surface area contributed by atoms with Crippen LogP contribution < -0.4 is 4.74 Å². The Hall–Kier alpha value is -2.90. The number of rotatable bonds is 7. The topological polar surface area (TPSA) is 49.9 Å². The second-order valence-corrected chi connectivity index (χ2v) is 9.89. The molecule has 0 aliphatic carbocycles. The molecule has 0 saturated heterocycles. The number of carbonyl (C=O) groups excluding carboxylic acids is 2. The van der Waals surface area contributed by atoms with E-state index in [1.165, 1.54) is 17.0 Å². The molecule has 178 valence electrons. The maximum Gasteiger partial charge on any atom is 0.254 e. The first-order valence-electron chi connectivity index (χ1n) is 11.1. The van der Waals surface area contributed by atoms with E-state index in [1.54, 1.807) is 57.5 Å². The number of hydrogen-bond acceptors (Lipinski definition) is 4. The highest BCUT2D eigenvalue weighted by Gasteiger charge is 2.34. The van der Waals surface area contributed by atoms with E-state index in [0.717, 1.165) is 12.0 Å². The zero-order chi connectivity index (χ0) is 24.2. The molecule has 5 nitrogen and oxygen atoms in total. The summed E-state index contributed by atoms with van der Waals surface area (Å²) in [6.07, 6.45) is 0.749. The van der Waals surface area contributed by atoms with Gasteiger partial charge in [-0.1, -0.05) is 23.7 Å². The Morgan fingerprint density at radius 1 is 1.21 bits per heavy atom. The van der Waals surface area contributed by atoms with Crippen molar-refractivity contribution in [1.29, 1.82) is 0 Å². The van der Waals surface area contributed by atoms with E-state index in [4.69, 9.17) is 16.3 Å². The summed E-state index contributed by atoms with van der Waals surface area (Å²) < 4.78 is 19.5. The van der Waals surface area contributed by atoms with Gasteiger partial charge in [-0.15, -0.1) is 11.3 Å². The third-order valence-electron chi connectivity index (χ3n) is 5.88. The lowest BCUT2D eigenvalue weighted by molar-refractivity contribution is -0.136. The molecular weight excluding hydrogens is 475 g/mol. The normalized spacial score (nSPS) is 15.2. The molecule has 0 spiro atoms. The minimum Gasteiger partial charge on any atom is -0.491 e. The SMILES string of the molecule is CC(C)N(CC(=O)N1CCc2sccc2C1COc1cccc(F)c1)C(=O)c1cccc(Cl)c1. The summed E-state index contributed by atoms with van der Waals surface area (Å²) in [5.74, 6) is -0.368. The first-order valence-corrected chi connectivity index (χ1v) is 12.4. The monoisotopic (exact) mass is 500 g/mol. The third kappa shape index (κ3) is 5.42. The summed E-state index contributed by atoms with van der Waals surface area (Å²) in [6, 6.07) is 14.2. The first-order chi connectivity index (χ1) is 16.3. The fraction of sp³-hybridized carbons (Fsp3) is 0.308. The average Bonchev–Trinajstić information content (AvgIpc) is 3.29. The molecule has 4 rings (SSSR count). The predicted octanol–water partition coefficient (Wildman–Crippen LogP) is 5.60. The van der Waals surface area contributed by atoms with Crippen LogP contribution in [0.5, 0.6) is 5.75 Å². The van der Waals surface area contributed by atoms with Crippen LogP contribution in [0.3, 0.4) is 0 Å². The number of amides is 2. The molecule has 2 amide bonds. The van der Waals surface area contributed by atoms with E-state index >= 15 is 0 Å². The Morgan fingerprint density at radius 3 is 2.74 bits per heavy atom. The van der Waals surface area contributed by atoms with Gasteiger partial charge in [0, 0.05) is 34.1 Å². The fourth-order valence-electron chi connectivity index (χ4n) is 4.12. The van der Waals surface area contributed by atoms with Crippen LogP contribution in [0.1, 0.15) is 40.7 Å². The number of fused-ring (bicyclic) bond motifs is 1. The molecule has 2 heterocycles.